The number of likely N-dealkylation sites (tertiary alicyclic amines) is 2. The molecule has 6 heteroatoms. The molecule has 3 fully saturated rings. The van der Waals surface area contributed by atoms with Crippen LogP contribution in [0.25, 0.3) is 0 Å². The second-order valence-electron chi connectivity index (χ2n) is 7.86. The number of hydrogen-bond acceptors (Lipinski definition) is 3. The van der Waals surface area contributed by atoms with Crippen LogP contribution in [0.3, 0.4) is 0 Å². The predicted octanol–water partition coefficient (Wildman–Crippen LogP) is 1.55. The molecule has 0 bridgehead atoms. The van der Waals surface area contributed by atoms with E-state index in [1.807, 2.05) is 0 Å². The summed E-state index contributed by atoms with van der Waals surface area (Å²) >= 11 is 0. The third-order valence-corrected chi connectivity index (χ3v) is 6.03. The predicted molar refractivity (Wildman–Crippen MR) is 93.4 cm³/mol. The van der Waals surface area contributed by atoms with Crippen LogP contribution in [0.15, 0.2) is 0 Å². The molecular formula is C18H32N4O2. The number of carbonyl (C=O) groups is 2. The van der Waals surface area contributed by atoms with Gasteiger partial charge in [-0.1, -0.05) is 19.3 Å². The molecule has 0 radical (unpaired) electrons. The number of rotatable bonds is 4. The van der Waals surface area contributed by atoms with Crippen molar-refractivity contribution in [1.82, 2.24) is 15.1 Å². The minimum atomic E-state index is -0.290. The largest absolute Gasteiger partial charge is 0.369 e. The molecule has 2 heterocycles. The molecule has 3 aliphatic rings. The molecule has 3 amide bonds. The summed E-state index contributed by atoms with van der Waals surface area (Å²) in [6.45, 7) is 4.53. The summed E-state index contributed by atoms with van der Waals surface area (Å²) in [6.07, 6.45) is 9.77. The van der Waals surface area contributed by atoms with Gasteiger partial charge in [-0.05, 0) is 38.0 Å². The van der Waals surface area contributed by atoms with E-state index in [0.717, 1.165) is 31.8 Å². The molecule has 3 rings (SSSR count). The van der Waals surface area contributed by atoms with Crippen molar-refractivity contribution < 1.29 is 9.59 Å². The zero-order valence-corrected chi connectivity index (χ0v) is 14.7. The van der Waals surface area contributed by atoms with Crippen molar-refractivity contribution in [2.24, 2.45) is 17.6 Å². The van der Waals surface area contributed by atoms with Gasteiger partial charge in [0.15, 0.2) is 0 Å². The van der Waals surface area contributed by atoms with Crippen LogP contribution in [0.1, 0.15) is 51.4 Å². The van der Waals surface area contributed by atoms with Crippen molar-refractivity contribution in [1.29, 1.82) is 0 Å². The van der Waals surface area contributed by atoms with Crippen LogP contribution in [-0.4, -0.2) is 60.5 Å². The molecule has 0 unspecified atom stereocenters. The van der Waals surface area contributed by atoms with Gasteiger partial charge < -0.3 is 20.9 Å². The number of carbonyl (C=O) groups excluding carboxylic acids is 2. The molecule has 0 aromatic carbocycles. The fraction of sp³-hybridized carbons (Fsp3) is 0.889. The number of nitrogens with zero attached hydrogens (tertiary/aromatic N) is 2. The summed E-state index contributed by atoms with van der Waals surface area (Å²) < 4.78 is 0. The molecule has 0 aromatic rings. The van der Waals surface area contributed by atoms with E-state index in [0.29, 0.717) is 19.5 Å². The number of piperidine rings is 1. The van der Waals surface area contributed by atoms with E-state index in [1.54, 1.807) is 4.90 Å². The zero-order valence-electron chi connectivity index (χ0n) is 14.7. The minimum absolute atomic E-state index is 0.0236. The normalized spacial score (nSPS) is 27.3. The summed E-state index contributed by atoms with van der Waals surface area (Å²) in [5.41, 5.74) is 5.33. The first-order valence-electron chi connectivity index (χ1n) is 9.69. The third kappa shape index (κ3) is 4.62. The maximum atomic E-state index is 12.3. The average molecular weight is 336 g/mol. The van der Waals surface area contributed by atoms with Crippen LogP contribution in [0.5, 0.6) is 0 Å². The highest BCUT2D eigenvalue weighted by atomic mass is 16.2. The molecule has 6 nitrogen and oxygen atoms in total. The second-order valence-corrected chi connectivity index (χ2v) is 7.86. The van der Waals surface area contributed by atoms with Crippen LogP contribution in [0, 0.1) is 11.8 Å². The topological polar surface area (TPSA) is 78.7 Å². The SMILES string of the molecule is NC(=O)[C@@H]1CCN(C(=O)NC2CCN(CC3CCCCC3)CC2)C1. The van der Waals surface area contributed by atoms with Gasteiger partial charge in [0, 0.05) is 38.8 Å². The Balaban J connectivity index is 1.36. The number of amides is 3. The lowest BCUT2D eigenvalue weighted by Crippen LogP contribution is -2.49. The third-order valence-electron chi connectivity index (χ3n) is 6.03. The van der Waals surface area contributed by atoms with Crippen molar-refractivity contribution in [2.45, 2.75) is 57.4 Å². The lowest BCUT2D eigenvalue weighted by Gasteiger charge is -2.36. The molecule has 2 saturated heterocycles. The van der Waals surface area contributed by atoms with E-state index < -0.39 is 0 Å². The second kappa shape index (κ2) is 8.19. The number of nitrogens with two attached hydrogens (primary N) is 1. The molecule has 0 aromatic heterocycles. The Kier molecular flexibility index (Phi) is 5.98. The number of hydrogen-bond donors (Lipinski definition) is 2. The van der Waals surface area contributed by atoms with Gasteiger partial charge in [0.2, 0.25) is 5.91 Å². The monoisotopic (exact) mass is 336 g/mol. The Labute approximate surface area is 145 Å². The Morgan fingerprint density at radius 2 is 1.67 bits per heavy atom. The summed E-state index contributed by atoms with van der Waals surface area (Å²) in [5, 5.41) is 3.15. The quantitative estimate of drug-likeness (QED) is 0.817. The first kappa shape index (κ1) is 17.5. The van der Waals surface area contributed by atoms with Gasteiger partial charge in [-0.25, -0.2) is 4.79 Å². The van der Waals surface area contributed by atoms with Gasteiger partial charge in [0.25, 0.3) is 0 Å². The lowest BCUT2D eigenvalue weighted by molar-refractivity contribution is -0.121. The van der Waals surface area contributed by atoms with E-state index in [1.165, 1.54) is 38.6 Å². The van der Waals surface area contributed by atoms with Gasteiger partial charge in [-0.2, -0.15) is 0 Å². The van der Waals surface area contributed by atoms with Crippen molar-refractivity contribution in [3.8, 4) is 0 Å². The minimum Gasteiger partial charge on any atom is -0.369 e. The van der Waals surface area contributed by atoms with Gasteiger partial charge in [-0.15, -0.1) is 0 Å². The first-order chi connectivity index (χ1) is 11.6. The van der Waals surface area contributed by atoms with E-state index in [9.17, 15) is 9.59 Å². The van der Waals surface area contributed by atoms with Gasteiger partial charge in [0.05, 0.1) is 5.92 Å². The number of primary amides is 1. The van der Waals surface area contributed by atoms with Crippen molar-refractivity contribution in [3.63, 3.8) is 0 Å². The Morgan fingerprint density at radius 1 is 0.958 bits per heavy atom. The number of nitrogens with one attached hydrogen (secondary N) is 1. The highest BCUT2D eigenvalue weighted by molar-refractivity contribution is 5.80. The Hall–Kier alpha value is -1.30. The molecule has 2 aliphatic heterocycles. The highest BCUT2D eigenvalue weighted by Crippen LogP contribution is 2.25. The fourth-order valence-electron chi connectivity index (χ4n) is 4.44. The highest BCUT2D eigenvalue weighted by Gasteiger charge is 2.31. The van der Waals surface area contributed by atoms with Crippen molar-refractivity contribution in [2.75, 3.05) is 32.7 Å². The zero-order chi connectivity index (χ0) is 16.9. The lowest BCUT2D eigenvalue weighted by atomic mass is 9.88. The van der Waals surface area contributed by atoms with E-state index in [2.05, 4.69) is 10.2 Å². The summed E-state index contributed by atoms with van der Waals surface area (Å²) in [7, 11) is 0. The van der Waals surface area contributed by atoms with E-state index in [-0.39, 0.29) is 23.9 Å². The molecule has 1 atom stereocenters. The molecule has 24 heavy (non-hydrogen) atoms. The average Bonchev–Trinajstić information content (AvgIpc) is 3.08. The van der Waals surface area contributed by atoms with Crippen LogP contribution in [-0.2, 0) is 4.79 Å². The standard InChI is InChI=1S/C18H32N4O2/c19-17(23)15-6-11-22(13-15)18(24)20-16-7-9-21(10-8-16)12-14-4-2-1-3-5-14/h14-16H,1-13H2,(H2,19,23)(H,20,24)/t15-/m1/s1. The molecule has 0 spiro atoms. The first-order valence-corrected chi connectivity index (χ1v) is 9.69. The van der Waals surface area contributed by atoms with Gasteiger partial charge >= 0.3 is 6.03 Å². The molecule has 3 N–H and O–H groups in total. The van der Waals surface area contributed by atoms with Crippen LogP contribution >= 0.6 is 0 Å². The van der Waals surface area contributed by atoms with Gasteiger partial charge in [-0.3, -0.25) is 4.79 Å². The smallest absolute Gasteiger partial charge is 0.317 e. The fourth-order valence-corrected chi connectivity index (χ4v) is 4.44. The molecule has 1 aliphatic carbocycles. The molecule has 136 valence electrons. The van der Waals surface area contributed by atoms with E-state index >= 15 is 0 Å². The van der Waals surface area contributed by atoms with Crippen LogP contribution in [0.2, 0.25) is 0 Å². The Bertz CT molecular complexity index is 442. The van der Waals surface area contributed by atoms with Crippen LogP contribution in [0.4, 0.5) is 4.79 Å². The Morgan fingerprint density at radius 3 is 2.29 bits per heavy atom. The number of urea groups is 1. The van der Waals surface area contributed by atoms with Crippen molar-refractivity contribution >= 4 is 11.9 Å². The summed E-state index contributed by atoms with van der Waals surface area (Å²) in [6, 6.07) is 0.247. The maximum Gasteiger partial charge on any atom is 0.317 e. The summed E-state index contributed by atoms with van der Waals surface area (Å²) in [4.78, 5) is 27.9. The maximum absolute atomic E-state index is 12.3. The molecule has 1 saturated carbocycles. The van der Waals surface area contributed by atoms with E-state index in [4.69, 9.17) is 5.73 Å². The van der Waals surface area contributed by atoms with Crippen molar-refractivity contribution in [3.05, 3.63) is 0 Å². The summed E-state index contributed by atoms with van der Waals surface area (Å²) in [5.74, 6) is 0.426. The van der Waals surface area contributed by atoms with Crippen LogP contribution < -0.4 is 11.1 Å². The van der Waals surface area contributed by atoms with Gasteiger partial charge in [0.1, 0.15) is 0 Å². The molecular weight excluding hydrogens is 304 g/mol.